The van der Waals surface area contributed by atoms with Crippen LogP contribution in [0.15, 0.2) is 18.2 Å². The first kappa shape index (κ1) is 18.0. The Morgan fingerprint density at radius 1 is 1.29 bits per heavy atom. The molecule has 0 radical (unpaired) electrons. The Hall–Kier alpha value is -1.04. The molecule has 0 aliphatic carbocycles. The third-order valence-electron chi connectivity index (χ3n) is 3.04. The molecule has 0 saturated heterocycles. The van der Waals surface area contributed by atoms with Crippen LogP contribution >= 0.6 is 8.60 Å². The third-order valence-corrected chi connectivity index (χ3v) is 3.45. The van der Waals surface area contributed by atoms with Crippen LogP contribution in [-0.2, 0) is 9.32 Å². The fourth-order valence-electron chi connectivity index (χ4n) is 1.89. The summed E-state index contributed by atoms with van der Waals surface area (Å²) in [6, 6.07) is 5.71. The molecule has 0 fully saturated rings. The Morgan fingerprint density at radius 3 is 2.43 bits per heavy atom. The first-order chi connectivity index (χ1) is 9.93. The van der Waals surface area contributed by atoms with Gasteiger partial charge in [0, 0.05) is 6.54 Å². The zero-order valence-electron chi connectivity index (χ0n) is 12.6. The number of benzene rings is 1. The number of likely N-dealkylation sites (N-methyl/N-ethyl adjacent to an activating group) is 1. The molecule has 118 valence electrons. The lowest BCUT2D eigenvalue weighted by molar-refractivity contribution is -0.135. The number of esters is 1. The van der Waals surface area contributed by atoms with Crippen molar-refractivity contribution in [3.8, 4) is 5.75 Å². The highest BCUT2D eigenvalue weighted by atomic mass is 31.2. The number of hydrogen-bond donors (Lipinski definition) is 2. The van der Waals surface area contributed by atoms with Gasteiger partial charge >= 0.3 is 14.6 Å². The number of carbonyl (C=O) groups excluding carboxylic acids is 1. The summed E-state index contributed by atoms with van der Waals surface area (Å²) >= 11 is 0. The molecule has 1 rings (SSSR count). The van der Waals surface area contributed by atoms with Gasteiger partial charge in [-0.25, -0.2) is 0 Å². The van der Waals surface area contributed by atoms with Gasteiger partial charge in [0.15, 0.2) is 0 Å². The average Bonchev–Trinajstić information content (AvgIpc) is 2.41. The first-order valence-corrected chi connectivity index (χ1v) is 7.90. The molecule has 1 aromatic carbocycles. The van der Waals surface area contributed by atoms with Gasteiger partial charge in [0.25, 0.3) is 0 Å². The smallest absolute Gasteiger partial charge is 0.327 e. The summed E-state index contributed by atoms with van der Waals surface area (Å²) in [6.07, 6.45) is 0. The van der Waals surface area contributed by atoms with E-state index < -0.39 is 8.60 Å². The van der Waals surface area contributed by atoms with Gasteiger partial charge in [0.05, 0.1) is 13.2 Å². The lowest BCUT2D eigenvalue weighted by Crippen LogP contribution is -2.34. The molecule has 0 spiro atoms. The van der Waals surface area contributed by atoms with E-state index in [0.29, 0.717) is 18.8 Å². The molecule has 0 aliphatic heterocycles. The molecule has 1 aromatic rings. The summed E-state index contributed by atoms with van der Waals surface area (Å²) in [5.74, 6) is 0.258. The number of hydrogen-bond acceptors (Lipinski definition) is 6. The van der Waals surface area contributed by atoms with E-state index in [-0.39, 0.29) is 19.1 Å². The van der Waals surface area contributed by atoms with E-state index in [9.17, 15) is 4.79 Å². The van der Waals surface area contributed by atoms with Crippen LogP contribution < -0.4 is 4.74 Å². The Kier molecular flexibility index (Phi) is 7.78. The minimum Gasteiger partial charge on any atom is -0.425 e. The summed E-state index contributed by atoms with van der Waals surface area (Å²) in [5.41, 5.74) is 1.84. The predicted molar refractivity (Wildman–Crippen MR) is 81.0 cm³/mol. The van der Waals surface area contributed by atoms with E-state index >= 15 is 0 Å². The number of carbonyl (C=O) groups is 1. The Labute approximate surface area is 126 Å². The van der Waals surface area contributed by atoms with E-state index in [1.54, 1.807) is 0 Å². The SMILES string of the molecule is CCN(CCOP(O)O)CC(=O)Oc1c(C)cccc1C. The number of rotatable bonds is 8. The molecule has 7 heteroatoms. The van der Waals surface area contributed by atoms with Crippen molar-refractivity contribution in [1.29, 1.82) is 0 Å². The second-order valence-corrected chi connectivity index (χ2v) is 5.41. The van der Waals surface area contributed by atoms with Crippen LogP contribution in [0.3, 0.4) is 0 Å². The van der Waals surface area contributed by atoms with Crippen molar-refractivity contribution >= 4 is 14.6 Å². The van der Waals surface area contributed by atoms with Crippen molar-refractivity contribution < 1.29 is 23.8 Å². The molecule has 0 heterocycles. The molecular formula is C14H22NO5P. The summed E-state index contributed by atoms with van der Waals surface area (Å²) in [5, 5.41) is 0. The molecule has 0 aromatic heterocycles. The number of aryl methyl sites for hydroxylation is 2. The van der Waals surface area contributed by atoms with Gasteiger partial charge in [0.2, 0.25) is 0 Å². The first-order valence-electron chi connectivity index (χ1n) is 6.74. The molecule has 0 saturated carbocycles. The second-order valence-electron chi connectivity index (χ2n) is 4.65. The van der Waals surface area contributed by atoms with Gasteiger partial charge in [-0.1, -0.05) is 25.1 Å². The molecule has 0 aliphatic rings. The van der Waals surface area contributed by atoms with E-state index in [1.165, 1.54) is 0 Å². The van der Waals surface area contributed by atoms with Gasteiger partial charge in [0.1, 0.15) is 5.75 Å². The third kappa shape index (κ3) is 6.50. The van der Waals surface area contributed by atoms with Crippen LogP contribution in [0.1, 0.15) is 18.1 Å². The standard InChI is InChI=1S/C14H22NO5P/c1-4-15(8-9-19-21(17)18)10-13(16)20-14-11(2)6-5-7-12(14)3/h5-7,17-18H,4,8-10H2,1-3H3. The summed E-state index contributed by atoms with van der Waals surface area (Å²) in [7, 11) is -2.35. The molecule has 0 atom stereocenters. The topological polar surface area (TPSA) is 79.2 Å². The van der Waals surface area contributed by atoms with Crippen molar-refractivity contribution in [1.82, 2.24) is 4.90 Å². The minimum absolute atomic E-state index is 0.127. The van der Waals surface area contributed by atoms with Crippen LogP contribution in [0, 0.1) is 13.8 Å². The quantitative estimate of drug-likeness (QED) is 0.432. The van der Waals surface area contributed by atoms with E-state index in [4.69, 9.17) is 19.0 Å². The predicted octanol–water partition coefficient (Wildman–Crippen LogP) is 1.76. The van der Waals surface area contributed by atoms with Crippen molar-refractivity contribution in [2.75, 3.05) is 26.2 Å². The van der Waals surface area contributed by atoms with Crippen LogP contribution in [-0.4, -0.2) is 46.9 Å². The molecule has 2 N–H and O–H groups in total. The zero-order chi connectivity index (χ0) is 15.8. The second kappa shape index (κ2) is 9.07. The van der Waals surface area contributed by atoms with Gasteiger partial charge in [-0.3, -0.25) is 9.69 Å². The monoisotopic (exact) mass is 315 g/mol. The fraction of sp³-hybridized carbons (Fsp3) is 0.500. The number of para-hydroxylation sites is 1. The summed E-state index contributed by atoms with van der Waals surface area (Å²) < 4.78 is 10.1. The number of ether oxygens (including phenoxy) is 1. The maximum Gasteiger partial charge on any atom is 0.327 e. The van der Waals surface area contributed by atoms with Crippen molar-refractivity contribution in [3.05, 3.63) is 29.3 Å². The normalized spacial score (nSPS) is 11.2. The maximum absolute atomic E-state index is 12.0. The van der Waals surface area contributed by atoms with Crippen LogP contribution in [0.25, 0.3) is 0 Å². The molecule has 0 bridgehead atoms. The van der Waals surface area contributed by atoms with Crippen LogP contribution in [0.2, 0.25) is 0 Å². The van der Waals surface area contributed by atoms with Gasteiger partial charge in [-0.05, 0) is 31.5 Å². The lowest BCUT2D eigenvalue weighted by atomic mass is 10.1. The van der Waals surface area contributed by atoms with Crippen molar-refractivity contribution in [3.63, 3.8) is 0 Å². The molecule has 0 amide bonds. The zero-order valence-corrected chi connectivity index (χ0v) is 13.5. The highest BCUT2D eigenvalue weighted by molar-refractivity contribution is 7.39. The summed E-state index contributed by atoms with van der Waals surface area (Å²) in [6.45, 7) is 7.05. The van der Waals surface area contributed by atoms with Gasteiger partial charge in [-0.2, -0.15) is 0 Å². The molecule has 6 nitrogen and oxygen atoms in total. The largest absolute Gasteiger partial charge is 0.425 e. The average molecular weight is 315 g/mol. The maximum atomic E-state index is 12.0. The molecule has 21 heavy (non-hydrogen) atoms. The van der Waals surface area contributed by atoms with E-state index in [2.05, 4.69) is 0 Å². The Bertz CT molecular complexity index is 446. The van der Waals surface area contributed by atoms with Crippen LogP contribution in [0.5, 0.6) is 5.75 Å². The highest BCUT2D eigenvalue weighted by Gasteiger charge is 2.14. The lowest BCUT2D eigenvalue weighted by Gasteiger charge is -2.19. The number of nitrogens with zero attached hydrogens (tertiary/aromatic N) is 1. The highest BCUT2D eigenvalue weighted by Crippen LogP contribution is 2.24. The fourth-order valence-corrected chi connectivity index (χ4v) is 2.13. The summed E-state index contributed by atoms with van der Waals surface area (Å²) in [4.78, 5) is 31.1. The van der Waals surface area contributed by atoms with Gasteiger partial charge < -0.3 is 19.0 Å². The molecule has 0 unspecified atom stereocenters. The van der Waals surface area contributed by atoms with Crippen LogP contribution in [0.4, 0.5) is 0 Å². The van der Waals surface area contributed by atoms with Crippen molar-refractivity contribution in [2.45, 2.75) is 20.8 Å². The van der Waals surface area contributed by atoms with E-state index in [1.807, 2.05) is 43.9 Å². The molecular weight excluding hydrogens is 293 g/mol. The Morgan fingerprint density at radius 2 is 1.90 bits per heavy atom. The Balaban J connectivity index is 2.51. The van der Waals surface area contributed by atoms with E-state index in [0.717, 1.165) is 11.1 Å². The van der Waals surface area contributed by atoms with Crippen molar-refractivity contribution in [2.24, 2.45) is 0 Å². The minimum atomic E-state index is -2.35. The van der Waals surface area contributed by atoms with Gasteiger partial charge in [-0.15, -0.1) is 0 Å².